The molecule has 4 nitrogen and oxygen atoms in total. The Balaban J connectivity index is 2.36. The molecule has 5 heteroatoms. The molecular weight excluding hydrogens is 248 g/mol. The van der Waals surface area contributed by atoms with Gasteiger partial charge in [0.15, 0.2) is 9.84 Å². The lowest BCUT2D eigenvalue weighted by Crippen LogP contribution is -2.45. The summed E-state index contributed by atoms with van der Waals surface area (Å²) in [5.74, 6) is 0.487. The highest BCUT2D eigenvalue weighted by atomic mass is 32.2. The van der Waals surface area contributed by atoms with E-state index in [1.165, 1.54) is 12.8 Å². The van der Waals surface area contributed by atoms with Crippen molar-refractivity contribution >= 4 is 9.84 Å². The number of piperidine rings is 1. The Kier molecular flexibility index (Phi) is 5.62. The SMILES string of the molecule is CCS(=O)(=O)CC(C)NCC1(C)CCN(C)CC1. The Hall–Kier alpha value is -0.130. The largest absolute Gasteiger partial charge is 0.313 e. The zero-order valence-electron chi connectivity index (χ0n) is 12.2. The van der Waals surface area contributed by atoms with Gasteiger partial charge in [-0.25, -0.2) is 8.42 Å². The van der Waals surface area contributed by atoms with Gasteiger partial charge in [-0.05, 0) is 45.3 Å². The van der Waals surface area contributed by atoms with Crippen LogP contribution in [0.3, 0.4) is 0 Å². The standard InChI is InChI=1S/C13H28N2O2S/c1-5-18(16,17)10-12(2)14-11-13(3)6-8-15(4)9-7-13/h12,14H,5-11H2,1-4H3. The van der Waals surface area contributed by atoms with E-state index in [9.17, 15) is 8.42 Å². The third-order valence-corrected chi connectivity index (χ3v) is 5.90. The maximum Gasteiger partial charge on any atom is 0.151 e. The summed E-state index contributed by atoms with van der Waals surface area (Å²) in [6.07, 6.45) is 2.37. The summed E-state index contributed by atoms with van der Waals surface area (Å²) in [6, 6.07) is 0.0476. The highest BCUT2D eigenvalue weighted by Crippen LogP contribution is 2.29. The first kappa shape index (κ1) is 15.9. The first-order valence-electron chi connectivity index (χ1n) is 6.89. The van der Waals surface area contributed by atoms with Crippen molar-refractivity contribution in [3.05, 3.63) is 0 Å². The quantitative estimate of drug-likeness (QED) is 0.790. The summed E-state index contributed by atoms with van der Waals surface area (Å²) >= 11 is 0. The molecule has 1 saturated heterocycles. The second-order valence-corrected chi connectivity index (χ2v) is 8.49. The molecule has 1 atom stereocenters. The van der Waals surface area contributed by atoms with Gasteiger partial charge in [0, 0.05) is 18.3 Å². The molecule has 0 spiro atoms. The van der Waals surface area contributed by atoms with Crippen molar-refractivity contribution in [2.45, 2.75) is 39.7 Å². The molecule has 0 amide bonds. The molecule has 1 fully saturated rings. The molecule has 1 unspecified atom stereocenters. The van der Waals surface area contributed by atoms with Crippen molar-refractivity contribution in [2.75, 3.05) is 38.2 Å². The molecule has 0 bridgehead atoms. The summed E-state index contributed by atoms with van der Waals surface area (Å²) in [6.45, 7) is 9.17. The lowest BCUT2D eigenvalue weighted by Gasteiger charge is -2.38. The van der Waals surface area contributed by atoms with E-state index in [0.717, 1.165) is 19.6 Å². The van der Waals surface area contributed by atoms with E-state index in [1.807, 2.05) is 6.92 Å². The van der Waals surface area contributed by atoms with Gasteiger partial charge < -0.3 is 10.2 Å². The predicted molar refractivity (Wildman–Crippen MR) is 76.6 cm³/mol. The molecule has 0 saturated carbocycles. The number of sulfone groups is 1. The number of nitrogens with zero attached hydrogens (tertiary/aromatic N) is 1. The van der Waals surface area contributed by atoms with Crippen molar-refractivity contribution in [3.63, 3.8) is 0 Å². The van der Waals surface area contributed by atoms with Crippen molar-refractivity contribution < 1.29 is 8.42 Å². The van der Waals surface area contributed by atoms with E-state index in [0.29, 0.717) is 5.41 Å². The van der Waals surface area contributed by atoms with Crippen LogP contribution >= 0.6 is 0 Å². The molecule has 1 aliphatic heterocycles. The van der Waals surface area contributed by atoms with E-state index >= 15 is 0 Å². The number of nitrogens with one attached hydrogen (secondary N) is 1. The zero-order chi connectivity index (χ0) is 13.8. The monoisotopic (exact) mass is 276 g/mol. The number of likely N-dealkylation sites (tertiary alicyclic amines) is 1. The number of rotatable bonds is 6. The predicted octanol–water partition coefficient (Wildman–Crippen LogP) is 1.13. The fourth-order valence-electron chi connectivity index (χ4n) is 2.31. The molecule has 0 aromatic rings. The minimum atomic E-state index is -2.87. The normalized spacial score (nSPS) is 22.9. The van der Waals surface area contributed by atoms with Gasteiger partial charge in [0.1, 0.15) is 0 Å². The van der Waals surface area contributed by atoms with Crippen LogP contribution in [0, 0.1) is 5.41 Å². The van der Waals surface area contributed by atoms with Gasteiger partial charge in [-0.2, -0.15) is 0 Å². The van der Waals surface area contributed by atoms with Crippen LogP contribution in [0.5, 0.6) is 0 Å². The van der Waals surface area contributed by atoms with E-state index in [-0.39, 0.29) is 17.5 Å². The summed E-state index contributed by atoms with van der Waals surface area (Å²) in [5, 5.41) is 3.40. The Labute approximate surface area is 112 Å². The van der Waals surface area contributed by atoms with Gasteiger partial charge in [0.2, 0.25) is 0 Å². The smallest absolute Gasteiger partial charge is 0.151 e. The average molecular weight is 276 g/mol. The van der Waals surface area contributed by atoms with Gasteiger partial charge in [0.05, 0.1) is 5.75 Å². The van der Waals surface area contributed by atoms with E-state index in [1.54, 1.807) is 6.92 Å². The highest BCUT2D eigenvalue weighted by Gasteiger charge is 2.29. The van der Waals surface area contributed by atoms with Crippen LogP contribution in [-0.4, -0.2) is 57.5 Å². The highest BCUT2D eigenvalue weighted by molar-refractivity contribution is 7.91. The van der Waals surface area contributed by atoms with E-state index in [2.05, 4.69) is 24.2 Å². The molecule has 1 heterocycles. The topological polar surface area (TPSA) is 49.4 Å². The third-order valence-electron chi connectivity index (χ3n) is 4.02. The minimum Gasteiger partial charge on any atom is -0.313 e. The maximum atomic E-state index is 11.5. The third kappa shape index (κ3) is 5.24. The molecule has 0 aliphatic carbocycles. The molecule has 1 aliphatic rings. The summed E-state index contributed by atoms with van der Waals surface area (Å²) in [7, 11) is -0.715. The van der Waals surface area contributed by atoms with Crippen molar-refractivity contribution in [2.24, 2.45) is 5.41 Å². The van der Waals surface area contributed by atoms with Crippen molar-refractivity contribution in [1.29, 1.82) is 0 Å². The second kappa shape index (κ2) is 6.35. The average Bonchev–Trinajstić information content (AvgIpc) is 2.31. The lowest BCUT2D eigenvalue weighted by molar-refractivity contribution is 0.135. The fourth-order valence-corrected chi connectivity index (χ4v) is 3.43. The van der Waals surface area contributed by atoms with Crippen LogP contribution in [0.2, 0.25) is 0 Å². The Morgan fingerprint density at radius 3 is 2.39 bits per heavy atom. The summed E-state index contributed by atoms with van der Waals surface area (Å²) in [5.41, 5.74) is 0.316. The summed E-state index contributed by atoms with van der Waals surface area (Å²) < 4.78 is 23.1. The first-order chi connectivity index (χ1) is 8.26. The number of hydrogen-bond acceptors (Lipinski definition) is 4. The van der Waals surface area contributed by atoms with E-state index in [4.69, 9.17) is 0 Å². The molecule has 1 N–H and O–H groups in total. The van der Waals surface area contributed by atoms with Gasteiger partial charge in [-0.1, -0.05) is 13.8 Å². The minimum absolute atomic E-state index is 0.0476. The van der Waals surface area contributed by atoms with Gasteiger partial charge >= 0.3 is 0 Å². The van der Waals surface area contributed by atoms with E-state index < -0.39 is 9.84 Å². The number of hydrogen-bond donors (Lipinski definition) is 1. The molecule has 0 aromatic carbocycles. The Morgan fingerprint density at radius 2 is 1.89 bits per heavy atom. The van der Waals surface area contributed by atoms with Crippen molar-refractivity contribution in [3.8, 4) is 0 Å². The summed E-state index contributed by atoms with van der Waals surface area (Å²) in [4.78, 5) is 2.35. The lowest BCUT2D eigenvalue weighted by atomic mass is 9.80. The van der Waals surface area contributed by atoms with Crippen LogP contribution in [0.4, 0.5) is 0 Å². The first-order valence-corrected chi connectivity index (χ1v) is 8.71. The molecule has 18 heavy (non-hydrogen) atoms. The van der Waals surface area contributed by atoms with Gasteiger partial charge in [-0.3, -0.25) is 0 Å². The van der Waals surface area contributed by atoms with Crippen LogP contribution in [0.15, 0.2) is 0 Å². The fraction of sp³-hybridized carbons (Fsp3) is 1.00. The second-order valence-electron chi connectivity index (χ2n) is 6.09. The van der Waals surface area contributed by atoms with Crippen LogP contribution in [-0.2, 0) is 9.84 Å². The van der Waals surface area contributed by atoms with Gasteiger partial charge in [-0.15, -0.1) is 0 Å². The maximum absolute atomic E-state index is 11.5. The molecule has 108 valence electrons. The zero-order valence-corrected chi connectivity index (χ0v) is 13.0. The Morgan fingerprint density at radius 1 is 1.33 bits per heavy atom. The molecule has 0 radical (unpaired) electrons. The van der Waals surface area contributed by atoms with Crippen LogP contribution in [0.1, 0.15) is 33.6 Å². The molecule has 0 aromatic heterocycles. The molecular formula is C13H28N2O2S. The van der Waals surface area contributed by atoms with Crippen LogP contribution in [0.25, 0.3) is 0 Å². The van der Waals surface area contributed by atoms with Crippen LogP contribution < -0.4 is 5.32 Å². The van der Waals surface area contributed by atoms with Gasteiger partial charge in [0.25, 0.3) is 0 Å². The Bertz CT molecular complexity index is 346. The molecule has 1 rings (SSSR count). The van der Waals surface area contributed by atoms with Crippen molar-refractivity contribution in [1.82, 2.24) is 10.2 Å².